The molecule has 0 bridgehead atoms. The van der Waals surface area contributed by atoms with Gasteiger partial charge in [0.2, 0.25) is 0 Å². The smallest absolute Gasteiger partial charge is 0.257 e. The third kappa shape index (κ3) is 4.34. The van der Waals surface area contributed by atoms with Crippen LogP contribution in [0.2, 0.25) is 0 Å². The molecule has 1 aromatic rings. The van der Waals surface area contributed by atoms with Gasteiger partial charge in [0.05, 0.1) is 6.20 Å². The number of aryl methyl sites for hydroxylation is 1. The third-order valence-corrected chi connectivity index (χ3v) is 3.62. The van der Waals surface area contributed by atoms with Crippen molar-refractivity contribution >= 4 is 15.9 Å². The van der Waals surface area contributed by atoms with Crippen LogP contribution in [0.15, 0.2) is 16.4 Å². The number of aromatic amines is 1. The number of hydrogen-bond donors (Lipinski definition) is 4. The van der Waals surface area contributed by atoms with E-state index in [0.29, 0.717) is 31.6 Å². The molecule has 0 amide bonds. The number of hydrogen-bond acceptors (Lipinski definition) is 5. The highest BCUT2D eigenvalue weighted by atomic mass is 32.2. The SMILES string of the molecule is Cc1ncc(S(=O)(=O)NCCCCC(N)=NO)[nH]1. The average Bonchev–Trinajstić information content (AvgIpc) is 2.75. The van der Waals surface area contributed by atoms with Crippen molar-refractivity contribution in [1.82, 2.24) is 14.7 Å². The summed E-state index contributed by atoms with van der Waals surface area (Å²) < 4.78 is 25.9. The molecule has 0 spiro atoms. The zero-order valence-electron chi connectivity index (χ0n) is 10.0. The molecule has 0 saturated carbocycles. The highest BCUT2D eigenvalue weighted by Gasteiger charge is 2.15. The maximum Gasteiger partial charge on any atom is 0.257 e. The van der Waals surface area contributed by atoms with E-state index in [2.05, 4.69) is 19.8 Å². The molecule has 0 fully saturated rings. The molecule has 5 N–H and O–H groups in total. The number of imidazole rings is 1. The molecule has 1 rings (SSSR count). The van der Waals surface area contributed by atoms with Gasteiger partial charge in [-0.25, -0.2) is 18.1 Å². The highest BCUT2D eigenvalue weighted by Crippen LogP contribution is 2.05. The van der Waals surface area contributed by atoms with E-state index in [0.717, 1.165) is 0 Å². The molecule has 0 aliphatic carbocycles. The normalized spacial score (nSPS) is 12.8. The van der Waals surface area contributed by atoms with Crippen molar-refractivity contribution in [3.05, 3.63) is 12.0 Å². The van der Waals surface area contributed by atoms with Gasteiger partial charge in [-0.05, 0) is 19.8 Å². The highest BCUT2D eigenvalue weighted by molar-refractivity contribution is 7.89. The lowest BCUT2D eigenvalue weighted by Gasteiger charge is -2.04. The second-order valence-corrected chi connectivity index (χ2v) is 5.51. The fourth-order valence-corrected chi connectivity index (χ4v) is 2.34. The Morgan fingerprint density at radius 3 is 2.89 bits per heavy atom. The summed E-state index contributed by atoms with van der Waals surface area (Å²) in [4.78, 5) is 6.48. The molecule has 1 aromatic heterocycles. The Hall–Kier alpha value is -1.61. The van der Waals surface area contributed by atoms with Gasteiger partial charge < -0.3 is 15.9 Å². The standard InChI is InChI=1S/C9H17N5O3S/c1-7-11-6-9(13-7)18(16,17)12-5-3-2-4-8(10)14-15/h6,12,15H,2-5H2,1H3,(H2,10,14)(H,11,13). The minimum absolute atomic E-state index is 0.0523. The number of sulfonamides is 1. The summed E-state index contributed by atoms with van der Waals surface area (Å²) in [6.45, 7) is 1.97. The van der Waals surface area contributed by atoms with E-state index < -0.39 is 10.0 Å². The molecule has 18 heavy (non-hydrogen) atoms. The van der Waals surface area contributed by atoms with Crippen LogP contribution < -0.4 is 10.5 Å². The number of amidine groups is 1. The Morgan fingerprint density at radius 1 is 1.61 bits per heavy atom. The number of nitrogens with one attached hydrogen (secondary N) is 2. The Bertz CT molecular complexity index is 508. The van der Waals surface area contributed by atoms with Crippen LogP contribution in [0.1, 0.15) is 25.1 Å². The number of oxime groups is 1. The van der Waals surface area contributed by atoms with Crippen LogP contribution in [0.3, 0.4) is 0 Å². The van der Waals surface area contributed by atoms with Gasteiger partial charge in [-0.1, -0.05) is 5.16 Å². The summed E-state index contributed by atoms with van der Waals surface area (Å²) in [5, 5.41) is 11.2. The minimum atomic E-state index is -3.52. The Kier molecular flexibility index (Phi) is 5.10. The van der Waals surface area contributed by atoms with Gasteiger partial charge in [-0.2, -0.15) is 0 Å². The van der Waals surface area contributed by atoms with Crippen LogP contribution >= 0.6 is 0 Å². The predicted octanol–water partition coefficient (Wildman–Crippen LogP) is -0.0869. The molecule has 1 heterocycles. The largest absolute Gasteiger partial charge is 0.409 e. The van der Waals surface area contributed by atoms with Gasteiger partial charge in [-0.3, -0.25) is 0 Å². The lowest BCUT2D eigenvalue weighted by atomic mass is 10.2. The van der Waals surface area contributed by atoms with Crippen LogP contribution in [-0.2, 0) is 10.0 Å². The van der Waals surface area contributed by atoms with Crippen molar-refractivity contribution < 1.29 is 13.6 Å². The summed E-state index contributed by atoms with van der Waals surface area (Å²) in [7, 11) is -3.52. The molecule has 9 heteroatoms. The summed E-state index contributed by atoms with van der Waals surface area (Å²) in [6, 6.07) is 0. The third-order valence-electron chi connectivity index (χ3n) is 2.25. The molecular formula is C9H17N5O3S. The number of H-pyrrole nitrogens is 1. The molecule has 0 aromatic carbocycles. The van der Waals surface area contributed by atoms with Crippen LogP contribution in [0, 0.1) is 6.92 Å². The summed E-state index contributed by atoms with van der Waals surface area (Å²) in [5.41, 5.74) is 5.28. The van der Waals surface area contributed by atoms with Crippen molar-refractivity contribution in [2.75, 3.05) is 6.54 Å². The molecule has 0 unspecified atom stereocenters. The lowest BCUT2D eigenvalue weighted by molar-refractivity contribution is 0.316. The Labute approximate surface area is 105 Å². The van der Waals surface area contributed by atoms with Crippen LogP contribution in [0.5, 0.6) is 0 Å². The Morgan fingerprint density at radius 2 is 2.33 bits per heavy atom. The first-order chi connectivity index (χ1) is 8.45. The van der Waals surface area contributed by atoms with E-state index >= 15 is 0 Å². The summed E-state index contributed by atoms with van der Waals surface area (Å²) in [6.07, 6.45) is 2.94. The minimum Gasteiger partial charge on any atom is -0.409 e. The number of nitrogens with zero attached hydrogens (tertiary/aromatic N) is 2. The van der Waals surface area contributed by atoms with Gasteiger partial charge >= 0.3 is 0 Å². The fraction of sp³-hybridized carbons (Fsp3) is 0.556. The lowest BCUT2D eigenvalue weighted by Crippen LogP contribution is -2.25. The van der Waals surface area contributed by atoms with Gasteiger partial charge in [0.1, 0.15) is 11.7 Å². The molecular weight excluding hydrogens is 258 g/mol. The van der Waals surface area contributed by atoms with Crippen molar-refractivity contribution in [3.8, 4) is 0 Å². The van der Waals surface area contributed by atoms with Gasteiger partial charge in [0, 0.05) is 13.0 Å². The first kappa shape index (κ1) is 14.5. The molecule has 0 atom stereocenters. The van der Waals surface area contributed by atoms with Crippen LogP contribution in [-0.4, -0.2) is 36.0 Å². The van der Waals surface area contributed by atoms with Crippen molar-refractivity contribution in [1.29, 1.82) is 0 Å². The fourth-order valence-electron chi connectivity index (χ4n) is 1.30. The van der Waals surface area contributed by atoms with Gasteiger partial charge in [0.25, 0.3) is 10.0 Å². The number of aromatic nitrogens is 2. The van der Waals surface area contributed by atoms with Gasteiger partial charge in [0.15, 0.2) is 5.03 Å². The van der Waals surface area contributed by atoms with Crippen molar-refractivity contribution in [3.63, 3.8) is 0 Å². The van der Waals surface area contributed by atoms with Crippen LogP contribution in [0.25, 0.3) is 0 Å². The molecule has 8 nitrogen and oxygen atoms in total. The number of unbranched alkanes of at least 4 members (excludes halogenated alkanes) is 1. The summed E-state index contributed by atoms with van der Waals surface area (Å²) >= 11 is 0. The van der Waals surface area contributed by atoms with E-state index in [1.54, 1.807) is 6.92 Å². The molecule has 0 radical (unpaired) electrons. The zero-order valence-corrected chi connectivity index (χ0v) is 10.9. The van der Waals surface area contributed by atoms with E-state index in [1.807, 2.05) is 0 Å². The van der Waals surface area contributed by atoms with Crippen LogP contribution in [0.4, 0.5) is 0 Å². The van der Waals surface area contributed by atoms with E-state index in [-0.39, 0.29) is 10.9 Å². The number of nitrogens with two attached hydrogens (primary N) is 1. The second-order valence-electron chi connectivity index (χ2n) is 3.78. The maximum absolute atomic E-state index is 11.7. The topological polar surface area (TPSA) is 133 Å². The maximum atomic E-state index is 11.7. The predicted molar refractivity (Wildman–Crippen MR) is 65.8 cm³/mol. The van der Waals surface area contributed by atoms with E-state index in [9.17, 15) is 8.42 Å². The number of rotatable bonds is 7. The van der Waals surface area contributed by atoms with E-state index in [4.69, 9.17) is 10.9 Å². The first-order valence-corrected chi connectivity index (χ1v) is 6.91. The monoisotopic (exact) mass is 275 g/mol. The Balaban J connectivity index is 2.35. The zero-order chi connectivity index (χ0) is 13.6. The van der Waals surface area contributed by atoms with Gasteiger partial charge in [-0.15, -0.1) is 0 Å². The first-order valence-electron chi connectivity index (χ1n) is 5.43. The summed E-state index contributed by atoms with van der Waals surface area (Å²) in [5.74, 6) is 0.685. The molecule has 102 valence electrons. The average molecular weight is 275 g/mol. The molecule has 0 saturated heterocycles. The molecule has 0 aliphatic heterocycles. The van der Waals surface area contributed by atoms with Crippen molar-refractivity contribution in [2.45, 2.75) is 31.2 Å². The quantitative estimate of drug-likeness (QED) is 0.181. The second kappa shape index (κ2) is 6.36. The molecule has 0 aliphatic rings. The van der Waals surface area contributed by atoms with Crippen molar-refractivity contribution in [2.24, 2.45) is 10.9 Å². The van der Waals surface area contributed by atoms with E-state index in [1.165, 1.54) is 6.20 Å².